The van der Waals surface area contributed by atoms with Crippen molar-refractivity contribution >= 4 is 11.9 Å². The first-order valence-corrected chi connectivity index (χ1v) is 7.87. The Labute approximate surface area is 141 Å². The van der Waals surface area contributed by atoms with Gasteiger partial charge in [-0.15, -0.1) is 0 Å². The molecule has 0 aliphatic heterocycles. The molecule has 7 nitrogen and oxygen atoms in total. The Morgan fingerprint density at radius 2 is 1.88 bits per heavy atom. The first-order valence-electron chi connectivity index (χ1n) is 7.87. The van der Waals surface area contributed by atoms with E-state index in [1.54, 1.807) is 0 Å². The summed E-state index contributed by atoms with van der Waals surface area (Å²) in [6, 6.07) is 8.28. The van der Waals surface area contributed by atoms with Gasteiger partial charge in [0.15, 0.2) is 0 Å². The SMILES string of the molecule is COC(=O)[C@H](CC(C)C)NC(=O)[C@H](Cc1ccccc1)C[N+](=O)[O-]. The Morgan fingerprint density at radius 1 is 1.25 bits per heavy atom. The Bertz CT molecular complexity index is 559. The fourth-order valence-electron chi connectivity index (χ4n) is 2.44. The molecule has 1 rings (SSSR count). The van der Waals surface area contributed by atoms with Crippen molar-refractivity contribution in [3.63, 3.8) is 0 Å². The number of esters is 1. The van der Waals surface area contributed by atoms with E-state index in [0.29, 0.717) is 6.42 Å². The van der Waals surface area contributed by atoms with Crippen molar-refractivity contribution in [3.8, 4) is 0 Å². The number of nitro groups is 1. The van der Waals surface area contributed by atoms with Crippen LogP contribution in [-0.4, -0.2) is 36.5 Å². The van der Waals surface area contributed by atoms with E-state index in [2.05, 4.69) is 5.32 Å². The largest absolute Gasteiger partial charge is 0.467 e. The highest BCUT2D eigenvalue weighted by Crippen LogP contribution is 2.12. The Morgan fingerprint density at radius 3 is 2.38 bits per heavy atom. The van der Waals surface area contributed by atoms with E-state index in [9.17, 15) is 19.7 Å². The van der Waals surface area contributed by atoms with Gasteiger partial charge in [-0.25, -0.2) is 4.79 Å². The van der Waals surface area contributed by atoms with E-state index < -0.39 is 35.3 Å². The minimum absolute atomic E-state index is 0.164. The second-order valence-corrected chi connectivity index (χ2v) is 6.12. The average Bonchev–Trinajstić information content (AvgIpc) is 2.53. The van der Waals surface area contributed by atoms with Gasteiger partial charge in [0.25, 0.3) is 0 Å². The lowest BCUT2D eigenvalue weighted by Crippen LogP contribution is -2.46. The van der Waals surface area contributed by atoms with Gasteiger partial charge in [-0.2, -0.15) is 0 Å². The molecule has 1 aromatic rings. The molecular formula is C17H24N2O5. The molecule has 0 fully saturated rings. The molecule has 0 saturated carbocycles. The topological polar surface area (TPSA) is 98.5 Å². The minimum atomic E-state index is -0.846. The molecule has 1 N–H and O–H groups in total. The van der Waals surface area contributed by atoms with Crippen LogP contribution in [0.5, 0.6) is 0 Å². The van der Waals surface area contributed by atoms with Gasteiger partial charge in [0, 0.05) is 4.92 Å². The molecule has 0 bridgehead atoms. The predicted octanol–water partition coefficient (Wildman–Crippen LogP) is 1.83. The number of hydrogen-bond donors (Lipinski definition) is 1. The number of benzene rings is 1. The number of ether oxygens (including phenoxy) is 1. The highest BCUT2D eigenvalue weighted by Gasteiger charge is 2.29. The molecule has 132 valence electrons. The average molecular weight is 336 g/mol. The fraction of sp³-hybridized carbons (Fsp3) is 0.529. The number of rotatable bonds is 9. The van der Waals surface area contributed by atoms with Crippen molar-refractivity contribution in [2.24, 2.45) is 11.8 Å². The summed E-state index contributed by atoms with van der Waals surface area (Å²) in [5, 5.41) is 13.5. The first kappa shape index (κ1) is 19.6. The lowest BCUT2D eigenvalue weighted by molar-refractivity contribution is -0.485. The van der Waals surface area contributed by atoms with E-state index >= 15 is 0 Å². The molecule has 0 aliphatic carbocycles. The van der Waals surface area contributed by atoms with Crippen LogP contribution in [0.15, 0.2) is 30.3 Å². The zero-order valence-electron chi connectivity index (χ0n) is 14.2. The molecule has 7 heteroatoms. The van der Waals surface area contributed by atoms with Gasteiger partial charge >= 0.3 is 5.97 Å². The number of nitrogens with zero attached hydrogens (tertiary/aromatic N) is 1. The summed E-state index contributed by atoms with van der Waals surface area (Å²) in [4.78, 5) is 34.7. The lowest BCUT2D eigenvalue weighted by Gasteiger charge is -2.21. The number of amides is 1. The normalized spacial score (nSPS) is 13.2. The Kier molecular flexibility index (Phi) is 7.88. The molecule has 0 saturated heterocycles. The van der Waals surface area contributed by atoms with Crippen LogP contribution in [0.2, 0.25) is 0 Å². The summed E-state index contributed by atoms with van der Waals surface area (Å²) in [5.74, 6) is -1.73. The van der Waals surface area contributed by atoms with Crippen molar-refractivity contribution in [2.45, 2.75) is 32.7 Å². The molecule has 0 spiro atoms. The number of carbonyl (C=O) groups excluding carboxylic acids is 2. The van der Waals surface area contributed by atoms with Crippen molar-refractivity contribution in [1.82, 2.24) is 5.32 Å². The van der Waals surface area contributed by atoms with Crippen LogP contribution in [0.3, 0.4) is 0 Å². The van der Waals surface area contributed by atoms with Crippen LogP contribution < -0.4 is 5.32 Å². The molecule has 0 aromatic heterocycles. The summed E-state index contributed by atoms with van der Waals surface area (Å²) in [7, 11) is 1.25. The van der Waals surface area contributed by atoms with Crippen molar-refractivity contribution in [1.29, 1.82) is 0 Å². The van der Waals surface area contributed by atoms with Gasteiger partial charge in [0.1, 0.15) is 12.0 Å². The van der Waals surface area contributed by atoms with Crippen LogP contribution in [0.1, 0.15) is 25.8 Å². The van der Waals surface area contributed by atoms with Crippen molar-refractivity contribution in [2.75, 3.05) is 13.7 Å². The van der Waals surface area contributed by atoms with E-state index in [4.69, 9.17) is 4.74 Å². The molecule has 1 amide bonds. The maximum Gasteiger partial charge on any atom is 0.328 e. The number of hydrogen-bond acceptors (Lipinski definition) is 5. The van der Waals surface area contributed by atoms with Crippen LogP contribution in [0, 0.1) is 22.0 Å². The first-order chi connectivity index (χ1) is 11.3. The lowest BCUT2D eigenvalue weighted by atomic mass is 9.97. The van der Waals surface area contributed by atoms with Gasteiger partial charge in [0.05, 0.1) is 7.11 Å². The van der Waals surface area contributed by atoms with Gasteiger partial charge in [-0.3, -0.25) is 14.9 Å². The third-order valence-corrected chi connectivity index (χ3v) is 3.57. The third-order valence-electron chi connectivity index (χ3n) is 3.57. The molecule has 24 heavy (non-hydrogen) atoms. The number of carbonyl (C=O) groups is 2. The van der Waals surface area contributed by atoms with E-state index in [0.717, 1.165) is 5.56 Å². The Hall–Kier alpha value is -2.44. The summed E-state index contributed by atoms with van der Waals surface area (Å²) >= 11 is 0. The maximum absolute atomic E-state index is 12.5. The second-order valence-electron chi connectivity index (χ2n) is 6.12. The smallest absolute Gasteiger partial charge is 0.328 e. The molecule has 0 unspecified atom stereocenters. The predicted molar refractivity (Wildman–Crippen MR) is 88.9 cm³/mol. The molecule has 1 aromatic carbocycles. The second kappa shape index (κ2) is 9.64. The van der Waals surface area contributed by atoms with Crippen molar-refractivity contribution in [3.05, 3.63) is 46.0 Å². The minimum Gasteiger partial charge on any atom is -0.467 e. The summed E-state index contributed by atoms with van der Waals surface area (Å²) in [6.07, 6.45) is 0.651. The number of methoxy groups -OCH3 is 1. The monoisotopic (exact) mass is 336 g/mol. The molecule has 2 atom stereocenters. The molecule has 0 radical (unpaired) electrons. The van der Waals surface area contributed by atoms with Crippen LogP contribution >= 0.6 is 0 Å². The zero-order valence-corrected chi connectivity index (χ0v) is 14.2. The highest BCUT2D eigenvalue weighted by molar-refractivity contribution is 5.85. The van der Waals surface area contributed by atoms with Crippen molar-refractivity contribution < 1.29 is 19.2 Å². The van der Waals surface area contributed by atoms with Crippen LogP contribution in [0.4, 0.5) is 0 Å². The summed E-state index contributed by atoms with van der Waals surface area (Å²) in [5.41, 5.74) is 0.831. The third kappa shape index (κ3) is 6.76. The zero-order chi connectivity index (χ0) is 18.1. The molecule has 0 heterocycles. The van der Waals surface area contributed by atoms with E-state index in [-0.39, 0.29) is 12.3 Å². The van der Waals surface area contributed by atoms with Gasteiger partial charge < -0.3 is 10.1 Å². The fourth-order valence-corrected chi connectivity index (χ4v) is 2.44. The van der Waals surface area contributed by atoms with E-state index in [1.165, 1.54) is 7.11 Å². The van der Waals surface area contributed by atoms with Gasteiger partial charge in [-0.05, 0) is 24.3 Å². The highest BCUT2D eigenvalue weighted by atomic mass is 16.6. The summed E-state index contributed by atoms with van der Waals surface area (Å²) < 4.78 is 4.71. The maximum atomic E-state index is 12.5. The Balaban J connectivity index is 2.85. The van der Waals surface area contributed by atoms with Gasteiger partial charge in [0.2, 0.25) is 12.5 Å². The summed E-state index contributed by atoms with van der Waals surface area (Å²) in [6.45, 7) is 3.34. The quantitative estimate of drug-likeness (QED) is 0.421. The number of nitrogens with one attached hydrogen (secondary N) is 1. The molecular weight excluding hydrogens is 312 g/mol. The van der Waals surface area contributed by atoms with Crippen LogP contribution in [-0.2, 0) is 20.7 Å². The van der Waals surface area contributed by atoms with Crippen LogP contribution in [0.25, 0.3) is 0 Å². The van der Waals surface area contributed by atoms with E-state index in [1.807, 2.05) is 44.2 Å². The van der Waals surface area contributed by atoms with Gasteiger partial charge in [-0.1, -0.05) is 44.2 Å². The standard InChI is InChI=1S/C17H24N2O5/c1-12(2)9-15(17(21)24-3)18-16(20)14(11-19(22)23)10-13-7-5-4-6-8-13/h4-8,12,14-15H,9-11H2,1-3H3,(H,18,20)/t14-,15+/m1/s1. The molecule has 0 aliphatic rings.